The van der Waals surface area contributed by atoms with E-state index in [9.17, 15) is 13.2 Å². The van der Waals surface area contributed by atoms with Crippen LogP contribution in [0.4, 0.5) is 24.8 Å². The zero-order valence-corrected chi connectivity index (χ0v) is 10.9. The molecule has 0 aromatic carbocycles. The molecule has 1 aromatic rings. The molecular formula is C13H18F3N3. The molecule has 6 heteroatoms. The summed E-state index contributed by atoms with van der Waals surface area (Å²) in [7, 11) is 0. The van der Waals surface area contributed by atoms with Gasteiger partial charge in [-0.05, 0) is 37.8 Å². The van der Waals surface area contributed by atoms with Crippen molar-refractivity contribution in [2.75, 3.05) is 23.7 Å². The minimum atomic E-state index is -4.39. The minimum absolute atomic E-state index is 0.0862. The van der Waals surface area contributed by atoms with E-state index >= 15 is 0 Å². The van der Waals surface area contributed by atoms with Gasteiger partial charge in [-0.2, -0.15) is 13.2 Å². The first-order chi connectivity index (χ1) is 8.90. The monoisotopic (exact) mass is 273 g/mol. The maximum absolute atomic E-state index is 12.8. The van der Waals surface area contributed by atoms with Gasteiger partial charge < -0.3 is 10.6 Å². The fraction of sp³-hybridized carbons (Fsp3) is 0.615. The first-order valence-corrected chi connectivity index (χ1v) is 6.50. The van der Waals surface area contributed by atoms with E-state index < -0.39 is 11.7 Å². The van der Waals surface area contributed by atoms with Crippen LogP contribution in [0.1, 0.15) is 31.7 Å². The van der Waals surface area contributed by atoms with Crippen molar-refractivity contribution in [3.8, 4) is 0 Å². The molecule has 1 aliphatic carbocycles. The predicted octanol–water partition coefficient (Wildman–Crippen LogP) is 3.31. The van der Waals surface area contributed by atoms with Crippen molar-refractivity contribution in [2.45, 2.75) is 32.4 Å². The third-order valence-corrected chi connectivity index (χ3v) is 3.57. The lowest BCUT2D eigenvalue weighted by molar-refractivity contribution is -0.137. The van der Waals surface area contributed by atoms with E-state index in [-0.39, 0.29) is 5.82 Å². The molecule has 1 heterocycles. The van der Waals surface area contributed by atoms with Crippen molar-refractivity contribution >= 4 is 11.6 Å². The summed E-state index contributed by atoms with van der Waals surface area (Å²) in [6, 6.07) is 1.96. The molecule has 3 nitrogen and oxygen atoms in total. The number of alkyl halides is 3. The van der Waals surface area contributed by atoms with Gasteiger partial charge in [0, 0.05) is 13.1 Å². The standard InChI is InChI=1S/C13H18F3N3/c1-2-19(8-9-4-3-5-9)12-7-10(13(14,15)16)6-11(17)18-12/h6-7,9H,2-5,8H2,1H3,(H2,17,18). The molecule has 1 aromatic heterocycles. The van der Waals surface area contributed by atoms with Gasteiger partial charge >= 0.3 is 6.18 Å². The number of aromatic nitrogens is 1. The Labute approximate surface area is 110 Å². The molecule has 0 bridgehead atoms. The van der Waals surface area contributed by atoms with E-state index in [2.05, 4.69) is 4.98 Å². The summed E-state index contributed by atoms with van der Waals surface area (Å²) in [5.74, 6) is 0.802. The van der Waals surface area contributed by atoms with E-state index in [1.165, 1.54) is 6.42 Å². The number of hydrogen-bond acceptors (Lipinski definition) is 3. The van der Waals surface area contributed by atoms with E-state index in [4.69, 9.17) is 5.73 Å². The van der Waals surface area contributed by atoms with Crippen LogP contribution >= 0.6 is 0 Å². The van der Waals surface area contributed by atoms with Crippen molar-refractivity contribution in [3.63, 3.8) is 0 Å². The predicted molar refractivity (Wildman–Crippen MR) is 68.9 cm³/mol. The second-order valence-corrected chi connectivity index (χ2v) is 4.97. The van der Waals surface area contributed by atoms with Gasteiger partial charge in [0.2, 0.25) is 0 Å². The highest BCUT2D eigenvalue weighted by molar-refractivity contribution is 5.49. The van der Waals surface area contributed by atoms with Crippen molar-refractivity contribution in [1.82, 2.24) is 4.98 Å². The molecule has 0 unspecified atom stereocenters. The summed E-state index contributed by atoms with van der Waals surface area (Å²) in [5.41, 5.74) is 4.75. The number of nitrogens with zero attached hydrogens (tertiary/aromatic N) is 2. The number of nitrogen functional groups attached to an aromatic ring is 1. The molecule has 2 rings (SSSR count). The number of nitrogens with two attached hydrogens (primary N) is 1. The van der Waals surface area contributed by atoms with Crippen LogP contribution in [0.15, 0.2) is 12.1 Å². The first-order valence-electron chi connectivity index (χ1n) is 6.50. The number of anilines is 2. The molecule has 0 saturated heterocycles. The molecule has 2 N–H and O–H groups in total. The van der Waals surface area contributed by atoms with E-state index in [1.54, 1.807) is 0 Å². The van der Waals surface area contributed by atoms with Gasteiger partial charge in [0.05, 0.1) is 5.56 Å². The van der Waals surface area contributed by atoms with Crippen LogP contribution in [0, 0.1) is 5.92 Å². The van der Waals surface area contributed by atoms with Gasteiger partial charge in [-0.15, -0.1) is 0 Å². The maximum atomic E-state index is 12.8. The highest BCUT2D eigenvalue weighted by Crippen LogP contribution is 2.33. The van der Waals surface area contributed by atoms with Crippen molar-refractivity contribution in [3.05, 3.63) is 17.7 Å². The molecule has 0 radical (unpaired) electrons. The topological polar surface area (TPSA) is 42.1 Å². The Bertz CT molecular complexity index is 441. The van der Waals surface area contributed by atoms with E-state index in [0.29, 0.717) is 18.3 Å². The molecule has 1 aliphatic rings. The summed E-state index contributed by atoms with van der Waals surface area (Å²) in [4.78, 5) is 5.90. The van der Waals surface area contributed by atoms with E-state index in [1.807, 2.05) is 11.8 Å². The lowest BCUT2D eigenvalue weighted by atomic mass is 9.85. The number of rotatable bonds is 4. The molecule has 0 spiro atoms. The molecule has 1 saturated carbocycles. The summed E-state index contributed by atoms with van der Waals surface area (Å²) in [6.45, 7) is 3.30. The van der Waals surface area contributed by atoms with Crippen LogP contribution in [0.3, 0.4) is 0 Å². The fourth-order valence-electron chi connectivity index (χ4n) is 2.23. The van der Waals surface area contributed by atoms with Crippen LogP contribution in [0.2, 0.25) is 0 Å². The Kier molecular flexibility index (Phi) is 3.87. The summed E-state index contributed by atoms with van der Waals surface area (Å²) in [6.07, 6.45) is -0.891. The van der Waals surface area contributed by atoms with Gasteiger partial charge in [-0.25, -0.2) is 4.98 Å². The maximum Gasteiger partial charge on any atom is 0.416 e. The molecular weight excluding hydrogens is 255 g/mol. The Balaban J connectivity index is 2.23. The van der Waals surface area contributed by atoms with Crippen molar-refractivity contribution < 1.29 is 13.2 Å². The Morgan fingerprint density at radius 2 is 2.05 bits per heavy atom. The van der Waals surface area contributed by atoms with Gasteiger partial charge in [-0.1, -0.05) is 6.42 Å². The Morgan fingerprint density at radius 1 is 1.37 bits per heavy atom. The second-order valence-electron chi connectivity index (χ2n) is 4.97. The average molecular weight is 273 g/mol. The fourth-order valence-corrected chi connectivity index (χ4v) is 2.23. The Morgan fingerprint density at radius 3 is 2.53 bits per heavy atom. The van der Waals surface area contributed by atoms with Gasteiger partial charge in [0.1, 0.15) is 11.6 Å². The SMILES string of the molecule is CCN(CC1CCC1)c1cc(C(F)(F)F)cc(N)n1. The quantitative estimate of drug-likeness (QED) is 0.915. The highest BCUT2D eigenvalue weighted by atomic mass is 19.4. The Hall–Kier alpha value is -1.46. The summed E-state index contributed by atoms with van der Waals surface area (Å²) >= 11 is 0. The van der Waals surface area contributed by atoms with Gasteiger partial charge in [0.15, 0.2) is 0 Å². The molecule has 0 atom stereocenters. The number of halogens is 3. The number of pyridine rings is 1. The van der Waals surface area contributed by atoms with Gasteiger partial charge in [-0.3, -0.25) is 0 Å². The molecule has 19 heavy (non-hydrogen) atoms. The second kappa shape index (κ2) is 5.27. The van der Waals surface area contributed by atoms with Crippen LogP contribution in [-0.2, 0) is 6.18 Å². The van der Waals surface area contributed by atoms with Gasteiger partial charge in [0.25, 0.3) is 0 Å². The third kappa shape index (κ3) is 3.30. The smallest absolute Gasteiger partial charge is 0.384 e. The van der Waals surface area contributed by atoms with Crippen LogP contribution in [-0.4, -0.2) is 18.1 Å². The van der Waals surface area contributed by atoms with Crippen LogP contribution < -0.4 is 10.6 Å². The van der Waals surface area contributed by atoms with E-state index in [0.717, 1.165) is 31.5 Å². The molecule has 0 aliphatic heterocycles. The normalized spacial score (nSPS) is 16.2. The first kappa shape index (κ1) is 14.0. The summed E-state index contributed by atoms with van der Waals surface area (Å²) in [5, 5.41) is 0. The molecule has 1 fully saturated rings. The molecule has 106 valence electrons. The zero-order valence-electron chi connectivity index (χ0n) is 10.9. The number of hydrogen-bond donors (Lipinski definition) is 1. The van der Waals surface area contributed by atoms with Crippen molar-refractivity contribution in [1.29, 1.82) is 0 Å². The lowest BCUT2D eigenvalue weighted by Crippen LogP contribution is -2.33. The van der Waals surface area contributed by atoms with Crippen LogP contribution in [0.25, 0.3) is 0 Å². The average Bonchev–Trinajstić information content (AvgIpc) is 2.25. The minimum Gasteiger partial charge on any atom is -0.384 e. The zero-order chi connectivity index (χ0) is 14.0. The van der Waals surface area contributed by atoms with Crippen molar-refractivity contribution in [2.24, 2.45) is 5.92 Å². The highest BCUT2D eigenvalue weighted by Gasteiger charge is 2.32. The van der Waals surface area contributed by atoms with Crippen LogP contribution in [0.5, 0.6) is 0 Å². The largest absolute Gasteiger partial charge is 0.416 e. The lowest BCUT2D eigenvalue weighted by Gasteiger charge is -2.32. The molecule has 0 amide bonds. The summed E-state index contributed by atoms with van der Waals surface area (Å²) < 4.78 is 38.3. The third-order valence-electron chi connectivity index (χ3n) is 3.57.